The fraction of sp³-hybridized carbons (Fsp3) is 0.200. The first-order chi connectivity index (χ1) is 14.0. The molecule has 29 heavy (non-hydrogen) atoms. The van der Waals surface area contributed by atoms with E-state index in [0.29, 0.717) is 23.6 Å². The van der Waals surface area contributed by atoms with Crippen LogP contribution in [0.5, 0.6) is 11.5 Å². The van der Waals surface area contributed by atoms with Crippen LogP contribution in [0.3, 0.4) is 0 Å². The predicted molar refractivity (Wildman–Crippen MR) is 104 cm³/mol. The quantitative estimate of drug-likeness (QED) is 0.611. The lowest BCUT2D eigenvalue weighted by Gasteiger charge is -2.14. The first kappa shape index (κ1) is 19.9. The minimum Gasteiger partial charge on any atom is -0.493 e. The number of amides is 1. The summed E-state index contributed by atoms with van der Waals surface area (Å²) in [6.07, 6.45) is 3.08. The van der Waals surface area contributed by atoms with Gasteiger partial charge in [0.15, 0.2) is 11.5 Å². The number of anilines is 1. The first-order valence-corrected chi connectivity index (χ1v) is 8.62. The van der Waals surface area contributed by atoms with Crippen molar-refractivity contribution in [1.82, 2.24) is 14.8 Å². The average molecular weight is 396 g/mol. The predicted octanol–water partition coefficient (Wildman–Crippen LogP) is 2.38. The van der Waals surface area contributed by atoms with Gasteiger partial charge < -0.3 is 19.5 Å². The summed E-state index contributed by atoms with van der Waals surface area (Å²) >= 11 is 0. The van der Waals surface area contributed by atoms with E-state index in [0.717, 1.165) is 5.56 Å². The Kier molecular flexibility index (Phi) is 6.08. The number of aromatic nitrogens is 3. The summed E-state index contributed by atoms with van der Waals surface area (Å²) in [4.78, 5) is 28.7. The second kappa shape index (κ2) is 8.87. The summed E-state index contributed by atoms with van der Waals surface area (Å²) < 4.78 is 17.0. The summed E-state index contributed by atoms with van der Waals surface area (Å²) in [5, 5.41) is 6.78. The molecule has 3 aromatic rings. The van der Waals surface area contributed by atoms with Gasteiger partial charge in [-0.3, -0.25) is 4.79 Å². The first-order valence-electron chi connectivity index (χ1n) is 8.62. The van der Waals surface area contributed by atoms with Gasteiger partial charge in [0.25, 0.3) is 5.91 Å². The molecule has 0 atom stereocenters. The maximum atomic E-state index is 12.7. The molecule has 0 spiro atoms. The molecule has 0 aliphatic carbocycles. The molecule has 1 aromatic heterocycles. The van der Waals surface area contributed by atoms with Gasteiger partial charge in [0, 0.05) is 17.7 Å². The second-order valence-corrected chi connectivity index (χ2v) is 5.99. The highest BCUT2D eigenvalue weighted by atomic mass is 16.5. The van der Waals surface area contributed by atoms with Crippen molar-refractivity contribution in [2.24, 2.45) is 0 Å². The van der Waals surface area contributed by atoms with E-state index in [1.165, 1.54) is 39.8 Å². The zero-order valence-corrected chi connectivity index (χ0v) is 16.2. The Morgan fingerprint density at radius 3 is 2.31 bits per heavy atom. The SMILES string of the molecule is COC(=O)c1cc(OC)c(OC)cc1NC(=O)c1ccc(Cn2cncn2)cc1. The molecule has 2 aromatic carbocycles. The van der Waals surface area contributed by atoms with E-state index in [1.807, 2.05) is 12.1 Å². The van der Waals surface area contributed by atoms with Crippen molar-refractivity contribution in [2.75, 3.05) is 26.6 Å². The number of hydrogen-bond donors (Lipinski definition) is 1. The van der Waals surface area contributed by atoms with E-state index in [-0.39, 0.29) is 17.2 Å². The number of esters is 1. The fourth-order valence-electron chi connectivity index (χ4n) is 2.72. The van der Waals surface area contributed by atoms with Gasteiger partial charge in [0.2, 0.25) is 0 Å². The molecule has 9 heteroatoms. The lowest BCUT2D eigenvalue weighted by molar-refractivity contribution is 0.0601. The number of rotatable bonds is 7. The van der Waals surface area contributed by atoms with Gasteiger partial charge >= 0.3 is 5.97 Å². The van der Waals surface area contributed by atoms with Crippen molar-refractivity contribution >= 4 is 17.6 Å². The molecular weight excluding hydrogens is 376 g/mol. The Morgan fingerprint density at radius 2 is 1.72 bits per heavy atom. The highest BCUT2D eigenvalue weighted by Gasteiger charge is 2.19. The smallest absolute Gasteiger partial charge is 0.340 e. The molecule has 9 nitrogen and oxygen atoms in total. The van der Waals surface area contributed by atoms with Crippen LogP contribution in [0.4, 0.5) is 5.69 Å². The number of carbonyl (C=O) groups is 2. The van der Waals surface area contributed by atoms with Crippen molar-refractivity contribution < 1.29 is 23.8 Å². The van der Waals surface area contributed by atoms with E-state index in [9.17, 15) is 9.59 Å². The van der Waals surface area contributed by atoms with Crippen molar-refractivity contribution in [1.29, 1.82) is 0 Å². The number of ether oxygens (including phenoxy) is 3. The van der Waals surface area contributed by atoms with Crippen LogP contribution in [0.25, 0.3) is 0 Å². The summed E-state index contributed by atoms with van der Waals surface area (Å²) in [6, 6.07) is 10.0. The number of benzene rings is 2. The molecule has 150 valence electrons. The van der Waals surface area contributed by atoms with Gasteiger partial charge in [-0.05, 0) is 17.7 Å². The number of nitrogens with one attached hydrogen (secondary N) is 1. The minimum absolute atomic E-state index is 0.154. The van der Waals surface area contributed by atoms with Gasteiger partial charge in [-0.25, -0.2) is 14.5 Å². The summed E-state index contributed by atoms with van der Waals surface area (Å²) in [5.41, 5.74) is 1.80. The monoisotopic (exact) mass is 396 g/mol. The second-order valence-electron chi connectivity index (χ2n) is 5.99. The number of nitrogens with zero attached hydrogens (tertiary/aromatic N) is 3. The normalized spacial score (nSPS) is 10.3. The highest BCUT2D eigenvalue weighted by Crippen LogP contribution is 2.34. The molecule has 1 amide bonds. The molecule has 3 rings (SSSR count). The maximum Gasteiger partial charge on any atom is 0.340 e. The molecule has 0 saturated carbocycles. The molecule has 0 fully saturated rings. The van der Waals surface area contributed by atoms with E-state index >= 15 is 0 Å². The van der Waals surface area contributed by atoms with Crippen LogP contribution in [0.15, 0.2) is 49.1 Å². The van der Waals surface area contributed by atoms with Crippen LogP contribution in [0.2, 0.25) is 0 Å². The molecule has 0 aliphatic rings. The Bertz CT molecular complexity index is 1000. The van der Waals surface area contributed by atoms with Crippen LogP contribution < -0.4 is 14.8 Å². The van der Waals surface area contributed by atoms with E-state index in [1.54, 1.807) is 23.1 Å². The summed E-state index contributed by atoms with van der Waals surface area (Å²) in [7, 11) is 4.19. The number of hydrogen-bond acceptors (Lipinski definition) is 7. The highest BCUT2D eigenvalue weighted by molar-refractivity contribution is 6.08. The van der Waals surface area contributed by atoms with Gasteiger partial charge in [0.05, 0.1) is 39.1 Å². The van der Waals surface area contributed by atoms with Crippen LogP contribution in [0.1, 0.15) is 26.3 Å². The summed E-state index contributed by atoms with van der Waals surface area (Å²) in [6.45, 7) is 0.546. The Hall–Kier alpha value is -3.88. The molecule has 0 radical (unpaired) electrons. The Morgan fingerprint density at radius 1 is 1.03 bits per heavy atom. The molecule has 1 N–H and O–H groups in total. The topological polar surface area (TPSA) is 105 Å². The van der Waals surface area contributed by atoms with E-state index in [4.69, 9.17) is 14.2 Å². The standard InChI is InChI=1S/C20H20N4O5/c1-27-17-8-15(20(26)29-3)16(9-18(17)28-2)23-19(25)14-6-4-13(5-7-14)10-24-12-21-11-22-24/h4-9,11-12H,10H2,1-3H3,(H,23,25). The summed E-state index contributed by atoms with van der Waals surface area (Å²) in [5.74, 6) is -0.263. The largest absolute Gasteiger partial charge is 0.493 e. The fourth-order valence-corrected chi connectivity index (χ4v) is 2.72. The minimum atomic E-state index is -0.607. The molecular formula is C20H20N4O5. The maximum absolute atomic E-state index is 12.7. The third-order valence-corrected chi connectivity index (χ3v) is 4.20. The van der Waals surface area contributed by atoms with Crippen LogP contribution in [-0.4, -0.2) is 48.0 Å². The molecule has 0 bridgehead atoms. The van der Waals surface area contributed by atoms with E-state index < -0.39 is 5.97 Å². The third-order valence-electron chi connectivity index (χ3n) is 4.20. The Labute approximate surface area is 167 Å². The average Bonchev–Trinajstić information content (AvgIpc) is 3.26. The van der Waals surface area contributed by atoms with Crippen LogP contribution >= 0.6 is 0 Å². The van der Waals surface area contributed by atoms with E-state index in [2.05, 4.69) is 15.4 Å². The van der Waals surface area contributed by atoms with Gasteiger partial charge in [0.1, 0.15) is 12.7 Å². The lowest BCUT2D eigenvalue weighted by Crippen LogP contribution is -2.16. The molecule has 0 saturated heterocycles. The van der Waals surface area contributed by atoms with Crippen LogP contribution in [-0.2, 0) is 11.3 Å². The molecule has 0 aliphatic heterocycles. The number of methoxy groups -OCH3 is 3. The zero-order valence-electron chi connectivity index (χ0n) is 16.2. The number of carbonyl (C=O) groups excluding carboxylic acids is 2. The van der Waals surface area contributed by atoms with Crippen molar-refractivity contribution in [3.8, 4) is 11.5 Å². The van der Waals surface area contributed by atoms with Crippen molar-refractivity contribution in [3.05, 3.63) is 65.7 Å². The molecule has 0 unspecified atom stereocenters. The molecule has 1 heterocycles. The van der Waals surface area contributed by atoms with Gasteiger partial charge in [-0.1, -0.05) is 12.1 Å². The van der Waals surface area contributed by atoms with Gasteiger partial charge in [-0.2, -0.15) is 5.10 Å². The Balaban J connectivity index is 1.83. The van der Waals surface area contributed by atoms with Crippen molar-refractivity contribution in [2.45, 2.75) is 6.54 Å². The lowest BCUT2D eigenvalue weighted by atomic mass is 10.1. The van der Waals surface area contributed by atoms with Crippen molar-refractivity contribution in [3.63, 3.8) is 0 Å². The van der Waals surface area contributed by atoms with Gasteiger partial charge in [-0.15, -0.1) is 0 Å². The third kappa shape index (κ3) is 4.52. The van der Waals surface area contributed by atoms with Crippen LogP contribution in [0, 0.1) is 0 Å². The zero-order chi connectivity index (χ0) is 20.8.